The Kier molecular flexibility index (Phi) is 7.98. The summed E-state index contributed by atoms with van der Waals surface area (Å²) in [5.74, 6) is -0.327. The van der Waals surface area contributed by atoms with E-state index >= 15 is 0 Å². The monoisotopic (exact) mass is 410 g/mol. The number of hydrogen-bond donors (Lipinski definition) is 2. The molecule has 1 aliphatic heterocycles. The molecule has 0 aromatic heterocycles. The molecule has 2 rings (SSSR count). The van der Waals surface area contributed by atoms with Gasteiger partial charge in [-0.1, -0.05) is 6.92 Å². The lowest BCUT2D eigenvalue weighted by atomic mass is 10.1. The minimum absolute atomic E-state index is 0.0298. The van der Waals surface area contributed by atoms with Gasteiger partial charge in [0.25, 0.3) is 0 Å². The highest BCUT2D eigenvalue weighted by atomic mass is 32.2. The molecule has 28 heavy (non-hydrogen) atoms. The Labute approximate surface area is 164 Å². The molecule has 0 spiro atoms. The molecule has 9 heteroatoms. The van der Waals surface area contributed by atoms with Gasteiger partial charge in [-0.15, -0.1) is 0 Å². The van der Waals surface area contributed by atoms with E-state index in [0.717, 1.165) is 6.42 Å². The van der Waals surface area contributed by atoms with Crippen LogP contribution in [0.25, 0.3) is 0 Å². The zero-order chi connectivity index (χ0) is 20.6. The normalized spacial score (nSPS) is 17.7. The van der Waals surface area contributed by atoms with Gasteiger partial charge >= 0.3 is 0 Å². The van der Waals surface area contributed by atoms with E-state index in [1.165, 1.54) is 0 Å². The third kappa shape index (κ3) is 7.30. The van der Waals surface area contributed by atoms with E-state index < -0.39 is 27.7 Å². The van der Waals surface area contributed by atoms with Crippen LogP contribution in [0, 0.1) is 0 Å². The van der Waals surface area contributed by atoms with Crippen LogP contribution in [0.3, 0.4) is 0 Å². The molecule has 0 unspecified atom stereocenters. The zero-order valence-corrected chi connectivity index (χ0v) is 16.7. The van der Waals surface area contributed by atoms with Gasteiger partial charge in [0.05, 0.1) is 24.7 Å². The number of carbonyl (C=O) groups excluding carboxylic acids is 3. The first-order valence-electron chi connectivity index (χ1n) is 9.31. The van der Waals surface area contributed by atoms with Crippen molar-refractivity contribution in [2.24, 2.45) is 0 Å². The summed E-state index contributed by atoms with van der Waals surface area (Å²) >= 11 is 0. The Balaban J connectivity index is 1.67. The van der Waals surface area contributed by atoms with Crippen molar-refractivity contribution >= 4 is 27.4 Å². The highest BCUT2D eigenvalue weighted by molar-refractivity contribution is 7.91. The number of amides is 2. The fraction of sp³-hybridized carbons (Fsp3) is 0.526. The number of hydrogen-bond acceptors (Lipinski definition) is 6. The van der Waals surface area contributed by atoms with Crippen molar-refractivity contribution in [3.63, 3.8) is 0 Å². The average molecular weight is 410 g/mol. The summed E-state index contributed by atoms with van der Waals surface area (Å²) in [6.07, 6.45) is 1.29. The number of sulfone groups is 1. The molecule has 8 nitrogen and oxygen atoms in total. The first-order chi connectivity index (χ1) is 13.3. The van der Waals surface area contributed by atoms with Crippen LogP contribution in [0.15, 0.2) is 24.3 Å². The van der Waals surface area contributed by atoms with Gasteiger partial charge in [-0.05, 0) is 37.1 Å². The van der Waals surface area contributed by atoms with Gasteiger partial charge in [0.15, 0.2) is 15.6 Å². The number of Topliss-reactive ketones (excluding diaryl/α,β-unsaturated/α-hetero) is 1. The van der Waals surface area contributed by atoms with E-state index in [-0.39, 0.29) is 36.7 Å². The first-order valence-corrected chi connectivity index (χ1v) is 11.1. The van der Waals surface area contributed by atoms with Crippen molar-refractivity contribution in [1.29, 1.82) is 0 Å². The molecule has 0 saturated carbocycles. The Morgan fingerprint density at radius 3 is 2.43 bits per heavy atom. The summed E-state index contributed by atoms with van der Waals surface area (Å²) in [4.78, 5) is 35.8. The molecule has 0 bridgehead atoms. The van der Waals surface area contributed by atoms with E-state index in [2.05, 4.69) is 10.6 Å². The largest absolute Gasteiger partial charge is 0.494 e. The molecule has 1 aliphatic rings. The van der Waals surface area contributed by atoms with Crippen molar-refractivity contribution in [1.82, 2.24) is 10.6 Å². The molecule has 2 N–H and O–H groups in total. The van der Waals surface area contributed by atoms with Crippen LogP contribution in [0.1, 0.15) is 43.0 Å². The molecule has 0 radical (unpaired) electrons. The summed E-state index contributed by atoms with van der Waals surface area (Å²) in [5, 5.41) is 5.03. The molecule has 1 atom stereocenters. The molecule has 0 aliphatic carbocycles. The Bertz CT molecular complexity index is 804. The lowest BCUT2D eigenvalue weighted by Crippen LogP contribution is -2.42. The van der Waals surface area contributed by atoms with E-state index in [1.807, 2.05) is 6.92 Å². The standard InChI is InChI=1S/C19H26N2O6S/c1-2-10-27-16-5-3-14(4-6-16)17(22)7-8-18(23)20-12-19(24)21-15-9-11-28(25,26)13-15/h3-6,15H,2,7-13H2,1H3,(H,20,23)(H,21,24)/t15-/m0/s1. The van der Waals surface area contributed by atoms with Crippen molar-refractivity contribution in [3.05, 3.63) is 29.8 Å². The number of benzene rings is 1. The highest BCUT2D eigenvalue weighted by Crippen LogP contribution is 2.14. The van der Waals surface area contributed by atoms with Crippen molar-refractivity contribution < 1.29 is 27.5 Å². The highest BCUT2D eigenvalue weighted by Gasteiger charge is 2.28. The van der Waals surface area contributed by atoms with Gasteiger partial charge in [-0.3, -0.25) is 14.4 Å². The molecule has 1 fully saturated rings. The topological polar surface area (TPSA) is 119 Å². The van der Waals surface area contributed by atoms with Crippen molar-refractivity contribution in [2.75, 3.05) is 24.7 Å². The number of nitrogens with one attached hydrogen (secondary N) is 2. The Morgan fingerprint density at radius 1 is 1.11 bits per heavy atom. The fourth-order valence-electron chi connectivity index (χ4n) is 2.78. The summed E-state index contributed by atoms with van der Waals surface area (Å²) in [6.45, 7) is 2.37. The third-order valence-electron chi connectivity index (χ3n) is 4.27. The maximum Gasteiger partial charge on any atom is 0.239 e. The SMILES string of the molecule is CCCOc1ccc(C(=O)CCC(=O)NCC(=O)N[C@H]2CCS(=O)(=O)C2)cc1. The number of rotatable bonds is 10. The second-order valence-electron chi connectivity index (χ2n) is 6.74. The third-order valence-corrected chi connectivity index (χ3v) is 6.04. The lowest BCUT2D eigenvalue weighted by molar-refractivity contribution is -0.126. The second kappa shape index (κ2) is 10.2. The molecular weight excluding hydrogens is 384 g/mol. The predicted molar refractivity (Wildman–Crippen MR) is 104 cm³/mol. The first kappa shape index (κ1) is 21.9. The summed E-state index contributed by atoms with van der Waals surface area (Å²) < 4.78 is 28.2. The summed E-state index contributed by atoms with van der Waals surface area (Å²) in [5.41, 5.74) is 0.497. The molecule has 1 heterocycles. The van der Waals surface area contributed by atoms with E-state index in [0.29, 0.717) is 24.3 Å². The molecule has 154 valence electrons. The van der Waals surface area contributed by atoms with E-state index in [9.17, 15) is 22.8 Å². The van der Waals surface area contributed by atoms with Crippen LogP contribution in [0.4, 0.5) is 0 Å². The minimum atomic E-state index is -3.07. The van der Waals surface area contributed by atoms with Crippen LogP contribution in [-0.2, 0) is 19.4 Å². The number of carbonyl (C=O) groups is 3. The fourth-order valence-corrected chi connectivity index (χ4v) is 4.46. The van der Waals surface area contributed by atoms with Crippen LogP contribution >= 0.6 is 0 Å². The Morgan fingerprint density at radius 2 is 1.82 bits per heavy atom. The lowest BCUT2D eigenvalue weighted by Gasteiger charge is -2.11. The Hall–Kier alpha value is -2.42. The van der Waals surface area contributed by atoms with Gasteiger partial charge in [0.2, 0.25) is 11.8 Å². The molecule has 2 amide bonds. The molecular formula is C19H26N2O6S. The van der Waals surface area contributed by atoms with Gasteiger partial charge in [-0.25, -0.2) is 8.42 Å². The molecule has 1 aromatic rings. The quantitative estimate of drug-likeness (QED) is 0.552. The smallest absolute Gasteiger partial charge is 0.239 e. The maximum atomic E-state index is 12.1. The van der Waals surface area contributed by atoms with Crippen LogP contribution in [0.2, 0.25) is 0 Å². The van der Waals surface area contributed by atoms with Gasteiger partial charge in [-0.2, -0.15) is 0 Å². The van der Waals surface area contributed by atoms with Gasteiger partial charge in [0, 0.05) is 24.4 Å². The predicted octanol–water partition coefficient (Wildman–Crippen LogP) is 0.858. The maximum absolute atomic E-state index is 12.1. The second-order valence-corrected chi connectivity index (χ2v) is 8.97. The van der Waals surface area contributed by atoms with Gasteiger partial charge < -0.3 is 15.4 Å². The summed E-state index contributed by atoms with van der Waals surface area (Å²) in [7, 11) is -3.07. The number of ketones is 1. The van der Waals surface area contributed by atoms with E-state index in [1.54, 1.807) is 24.3 Å². The zero-order valence-electron chi connectivity index (χ0n) is 15.9. The summed E-state index contributed by atoms with van der Waals surface area (Å²) in [6, 6.07) is 6.36. The molecule has 1 aromatic carbocycles. The van der Waals surface area contributed by atoms with E-state index in [4.69, 9.17) is 4.74 Å². The van der Waals surface area contributed by atoms with Gasteiger partial charge in [0.1, 0.15) is 5.75 Å². The average Bonchev–Trinajstić information content (AvgIpc) is 3.01. The minimum Gasteiger partial charge on any atom is -0.494 e. The molecule has 1 saturated heterocycles. The van der Waals surface area contributed by atoms with Crippen molar-refractivity contribution in [3.8, 4) is 5.75 Å². The van der Waals surface area contributed by atoms with Crippen LogP contribution in [-0.4, -0.2) is 56.7 Å². The van der Waals surface area contributed by atoms with Crippen molar-refractivity contribution in [2.45, 2.75) is 38.6 Å². The number of ether oxygens (including phenoxy) is 1. The van der Waals surface area contributed by atoms with Crippen LogP contribution in [0.5, 0.6) is 5.75 Å². The van der Waals surface area contributed by atoms with Crippen LogP contribution < -0.4 is 15.4 Å².